The van der Waals surface area contributed by atoms with E-state index in [0.717, 1.165) is 15.4 Å². The highest BCUT2D eigenvalue weighted by Gasteiger charge is 2.04. The highest BCUT2D eigenvalue weighted by atomic mass is 32.1. The van der Waals surface area contributed by atoms with Crippen molar-refractivity contribution < 1.29 is 0 Å². The van der Waals surface area contributed by atoms with E-state index in [1.165, 1.54) is 11.3 Å². The van der Waals surface area contributed by atoms with Crippen molar-refractivity contribution in [3.63, 3.8) is 0 Å². The van der Waals surface area contributed by atoms with Crippen molar-refractivity contribution in [1.29, 1.82) is 0 Å². The third-order valence-electron chi connectivity index (χ3n) is 1.67. The van der Waals surface area contributed by atoms with E-state index in [9.17, 15) is 4.79 Å². The Morgan fingerprint density at radius 1 is 1.17 bits per heavy atom. The molecule has 0 unspecified atom stereocenters. The molecule has 1 aliphatic heterocycles. The normalized spacial score (nSPS) is 10.3. The van der Waals surface area contributed by atoms with Crippen LogP contribution in [0.5, 0.6) is 0 Å². The van der Waals surface area contributed by atoms with E-state index < -0.39 is 0 Å². The van der Waals surface area contributed by atoms with Gasteiger partial charge in [0.1, 0.15) is 0 Å². The Bertz CT molecular complexity index is 435. The molecule has 1 aliphatic carbocycles. The number of fused-ring (bicyclic) bond motifs is 1. The van der Waals surface area contributed by atoms with E-state index in [0.29, 0.717) is 0 Å². The van der Waals surface area contributed by atoms with Gasteiger partial charge in [0.2, 0.25) is 0 Å². The second-order valence-electron chi connectivity index (χ2n) is 2.51. The zero-order valence-corrected chi connectivity index (χ0v) is 7.10. The van der Waals surface area contributed by atoms with Gasteiger partial charge in [0.15, 0.2) is 5.43 Å². The number of benzene rings is 1. The standard InChI is InChI=1S/C9H7NOS/c10-9-5-4-6-7(11)2-1-3-8(6)12-9/h1-5H,10H2. The predicted molar refractivity (Wildman–Crippen MR) is 51.6 cm³/mol. The predicted octanol–water partition coefficient (Wildman–Crippen LogP) is 1.80. The lowest BCUT2D eigenvalue weighted by Gasteiger charge is -2.01. The zero-order valence-electron chi connectivity index (χ0n) is 6.28. The molecule has 0 radical (unpaired) electrons. The first-order valence-electron chi connectivity index (χ1n) is 3.56. The van der Waals surface area contributed by atoms with Gasteiger partial charge in [-0.25, -0.2) is 0 Å². The highest BCUT2D eigenvalue weighted by molar-refractivity contribution is 7.18. The third kappa shape index (κ3) is 1.08. The molecule has 0 spiro atoms. The number of hydrogen-bond donors (Lipinski definition) is 1. The summed E-state index contributed by atoms with van der Waals surface area (Å²) < 4.78 is 0. The molecule has 0 saturated carbocycles. The molecule has 0 aromatic heterocycles. The van der Waals surface area contributed by atoms with Gasteiger partial charge in [-0.3, -0.25) is 4.79 Å². The summed E-state index contributed by atoms with van der Waals surface area (Å²) in [7, 11) is 0. The quantitative estimate of drug-likeness (QED) is 0.666. The third-order valence-corrected chi connectivity index (χ3v) is 2.62. The number of nitrogens with two attached hydrogens (primary N) is 1. The molecule has 0 aromatic rings. The molecule has 60 valence electrons. The second kappa shape index (κ2) is 2.60. The van der Waals surface area contributed by atoms with Gasteiger partial charge >= 0.3 is 0 Å². The minimum Gasteiger partial charge on any atom is -0.391 e. The Labute approximate surface area is 73.6 Å². The molecule has 0 saturated heterocycles. The minimum absolute atomic E-state index is 0.0590. The molecule has 0 fully saturated rings. The molecule has 0 aromatic carbocycles. The Morgan fingerprint density at radius 3 is 2.83 bits per heavy atom. The summed E-state index contributed by atoms with van der Waals surface area (Å²) >= 11 is 1.43. The summed E-state index contributed by atoms with van der Waals surface area (Å²) in [5.41, 5.74) is 6.40. The fourth-order valence-corrected chi connectivity index (χ4v) is 1.92. The summed E-state index contributed by atoms with van der Waals surface area (Å²) in [5, 5.41) is 0.730. The van der Waals surface area contributed by atoms with Crippen LogP contribution in [-0.2, 0) is 0 Å². The molecular weight excluding hydrogens is 170 g/mol. The maximum Gasteiger partial charge on any atom is 0.187 e. The van der Waals surface area contributed by atoms with E-state index in [4.69, 9.17) is 5.73 Å². The van der Waals surface area contributed by atoms with Gasteiger partial charge in [0.25, 0.3) is 0 Å². The first kappa shape index (κ1) is 7.31. The van der Waals surface area contributed by atoms with Crippen molar-refractivity contribution in [1.82, 2.24) is 0 Å². The van der Waals surface area contributed by atoms with E-state index >= 15 is 0 Å². The summed E-state index contributed by atoms with van der Waals surface area (Å²) in [4.78, 5) is 12.2. The van der Waals surface area contributed by atoms with Crippen LogP contribution in [0.15, 0.2) is 35.1 Å². The monoisotopic (exact) mass is 177 g/mol. The molecule has 3 heteroatoms. The molecule has 0 amide bonds. The molecular formula is C9H7NOS. The fourth-order valence-electron chi connectivity index (χ4n) is 1.10. The van der Waals surface area contributed by atoms with Gasteiger partial charge in [-0.05, 0) is 24.3 Å². The maximum absolute atomic E-state index is 11.3. The number of hydrogen-bond acceptors (Lipinski definition) is 3. The molecule has 12 heavy (non-hydrogen) atoms. The van der Waals surface area contributed by atoms with Crippen molar-refractivity contribution >= 4 is 16.3 Å². The average molecular weight is 177 g/mol. The van der Waals surface area contributed by atoms with Crippen LogP contribution >= 0.6 is 11.3 Å². The van der Waals surface area contributed by atoms with Crippen molar-refractivity contribution in [2.75, 3.05) is 5.73 Å². The summed E-state index contributed by atoms with van der Waals surface area (Å²) in [5.74, 6) is 0. The number of rotatable bonds is 0. The lowest BCUT2D eigenvalue weighted by molar-refractivity contribution is 1.58. The van der Waals surface area contributed by atoms with Crippen LogP contribution in [0.1, 0.15) is 0 Å². The molecule has 2 aliphatic rings. The van der Waals surface area contributed by atoms with Crippen molar-refractivity contribution in [3.8, 4) is 10.4 Å². The van der Waals surface area contributed by atoms with Crippen LogP contribution in [-0.4, -0.2) is 0 Å². The van der Waals surface area contributed by atoms with Crippen molar-refractivity contribution in [2.45, 2.75) is 0 Å². The largest absolute Gasteiger partial charge is 0.391 e. The first-order valence-corrected chi connectivity index (χ1v) is 4.37. The van der Waals surface area contributed by atoms with Crippen molar-refractivity contribution in [3.05, 3.63) is 40.6 Å². The number of anilines is 1. The lowest BCUT2D eigenvalue weighted by atomic mass is 10.2. The Kier molecular flexibility index (Phi) is 1.59. The van der Waals surface area contributed by atoms with Gasteiger partial charge in [-0.15, -0.1) is 11.3 Å². The topological polar surface area (TPSA) is 43.1 Å². The van der Waals surface area contributed by atoms with Crippen LogP contribution in [0.25, 0.3) is 10.4 Å². The molecule has 1 heterocycles. The Morgan fingerprint density at radius 2 is 2.00 bits per heavy atom. The van der Waals surface area contributed by atoms with Gasteiger partial charge in [-0.2, -0.15) is 0 Å². The van der Waals surface area contributed by atoms with Gasteiger partial charge in [0, 0.05) is 10.4 Å². The average Bonchev–Trinajstić information content (AvgIpc) is 2.04. The summed E-state index contributed by atoms with van der Waals surface area (Å²) in [6.07, 6.45) is 0. The van der Waals surface area contributed by atoms with Gasteiger partial charge in [0.05, 0.1) is 5.00 Å². The highest BCUT2D eigenvalue weighted by Crippen LogP contribution is 2.26. The summed E-state index contributed by atoms with van der Waals surface area (Å²) in [6.45, 7) is 0. The molecule has 2 rings (SSSR count). The fraction of sp³-hybridized carbons (Fsp3) is 0. The summed E-state index contributed by atoms with van der Waals surface area (Å²) in [6, 6.07) is 8.74. The number of nitrogen functional groups attached to an aromatic ring is 1. The van der Waals surface area contributed by atoms with E-state index in [2.05, 4.69) is 0 Å². The maximum atomic E-state index is 11.3. The van der Waals surface area contributed by atoms with Gasteiger partial charge in [-0.1, -0.05) is 6.07 Å². The van der Waals surface area contributed by atoms with Crippen LogP contribution in [0.3, 0.4) is 0 Å². The van der Waals surface area contributed by atoms with E-state index in [1.54, 1.807) is 24.3 Å². The van der Waals surface area contributed by atoms with Crippen molar-refractivity contribution in [2.24, 2.45) is 0 Å². The zero-order chi connectivity index (χ0) is 8.55. The molecule has 0 atom stereocenters. The first-order chi connectivity index (χ1) is 5.77. The van der Waals surface area contributed by atoms with E-state index in [1.807, 2.05) is 6.07 Å². The second-order valence-corrected chi connectivity index (χ2v) is 3.62. The van der Waals surface area contributed by atoms with Crippen LogP contribution in [0.4, 0.5) is 5.00 Å². The van der Waals surface area contributed by atoms with E-state index in [-0.39, 0.29) is 5.43 Å². The van der Waals surface area contributed by atoms with Crippen LogP contribution < -0.4 is 11.2 Å². The SMILES string of the molecule is Nc1ccc2c(=O)cccc-2s1. The van der Waals surface area contributed by atoms with Crippen LogP contribution in [0, 0.1) is 0 Å². The molecule has 2 N–H and O–H groups in total. The minimum atomic E-state index is 0.0590. The molecule has 2 nitrogen and oxygen atoms in total. The van der Waals surface area contributed by atoms with Gasteiger partial charge < -0.3 is 5.73 Å². The Hall–Kier alpha value is -1.35. The van der Waals surface area contributed by atoms with Crippen LogP contribution in [0.2, 0.25) is 0 Å². The lowest BCUT2D eigenvalue weighted by Crippen LogP contribution is -2.01. The Balaban J connectivity index is 2.86. The molecule has 0 bridgehead atoms. The smallest absolute Gasteiger partial charge is 0.187 e.